The molecule has 27 heavy (non-hydrogen) atoms. The number of thiophene rings is 1. The van der Waals surface area contributed by atoms with E-state index in [1.165, 1.54) is 4.70 Å². The van der Waals surface area contributed by atoms with Crippen molar-refractivity contribution in [2.24, 2.45) is 0 Å². The Balaban J connectivity index is 1.59. The van der Waals surface area contributed by atoms with Gasteiger partial charge < -0.3 is 9.84 Å². The number of rotatable bonds is 5. The number of hydrogen-bond donors (Lipinski definition) is 1. The number of halogens is 1. The van der Waals surface area contributed by atoms with E-state index in [-0.39, 0.29) is 0 Å². The Morgan fingerprint density at radius 3 is 2.52 bits per heavy atom. The fourth-order valence-electron chi connectivity index (χ4n) is 3.10. The summed E-state index contributed by atoms with van der Waals surface area (Å²) >= 11 is 5.23. The van der Waals surface area contributed by atoms with E-state index < -0.39 is 6.10 Å². The Morgan fingerprint density at radius 1 is 1.00 bits per heavy atom. The predicted octanol–water partition coefficient (Wildman–Crippen LogP) is 6.63. The van der Waals surface area contributed by atoms with Crippen molar-refractivity contribution in [3.63, 3.8) is 0 Å². The average Bonchev–Trinajstić information content (AvgIpc) is 3.13. The Bertz CT molecular complexity index is 1040. The SMILES string of the molecule is Cc1cc(OCc2ccccc2)c(Br)cc1C(O)c1cc2ccccc2s1. The molecule has 1 aromatic heterocycles. The van der Waals surface area contributed by atoms with Gasteiger partial charge in [-0.05, 0) is 69.2 Å². The highest BCUT2D eigenvalue weighted by Crippen LogP contribution is 2.37. The van der Waals surface area contributed by atoms with Gasteiger partial charge in [-0.2, -0.15) is 0 Å². The molecule has 0 amide bonds. The topological polar surface area (TPSA) is 29.5 Å². The van der Waals surface area contributed by atoms with Crippen LogP contribution in [0.15, 0.2) is 77.3 Å². The fourth-order valence-corrected chi connectivity index (χ4v) is 4.65. The van der Waals surface area contributed by atoms with Gasteiger partial charge in [0.1, 0.15) is 18.5 Å². The maximum Gasteiger partial charge on any atom is 0.134 e. The van der Waals surface area contributed by atoms with E-state index in [1.807, 2.05) is 61.5 Å². The first kappa shape index (κ1) is 18.2. The second-order valence-electron chi connectivity index (χ2n) is 6.50. The number of aryl methyl sites for hydroxylation is 1. The second kappa shape index (κ2) is 7.85. The van der Waals surface area contributed by atoms with Crippen LogP contribution in [0.25, 0.3) is 10.1 Å². The van der Waals surface area contributed by atoms with Gasteiger partial charge in [0.25, 0.3) is 0 Å². The van der Waals surface area contributed by atoms with Crippen molar-refractivity contribution in [2.45, 2.75) is 19.6 Å². The summed E-state index contributed by atoms with van der Waals surface area (Å²) in [4.78, 5) is 0.948. The minimum atomic E-state index is -0.651. The summed E-state index contributed by atoms with van der Waals surface area (Å²) in [5.74, 6) is 0.781. The first-order valence-electron chi connectivity index (χ1n) is 8.75. The number of hydrogen-bond acceptors (Lipinski definition) is 3. The third kappa shape index (κ3) is 3.93. The largest absolute Gasteiger partial charge is 0.488 e. The third-order valence-electron chi connectivity index (χ3n) is 4.57. The first-order chi connectivity index (χ1) is 13.1. The lowest BCUT2D eigenvalue weighted by Crippen LogP contribution is -2.02. The number of ether oxygens (including phenoxy) is 1. The highest BCUT2D eigenvalue weighted by molar-refractivity contribution is 9.10. The second-order valence-corrected chi connectivity index (χ2v) is 8.47. The summed E-state index contributed by atoms with van der Waals surface area (Å²) in [6.07, 6.45) is -0.651. The molecule has 4 heteroatoms. The van der Waals surface area contributed by atoms with Crippen LogP contribution in [0.2, 0.25) is 0 Å². The molecule has 0 aliphatic heterocycles. The first-order valence-corrected chi connectivity index (χ1v) is 10.4. The molecule has 1 N–H and O–H groups in total. The van der Waals surface area contributed by atoms with E-state index in [0.717, 1.165) is 37.2 Å². The van der Waals surface area contributed by atoms with Crippen molar-refractivity contribution in [1.82, 2.24) is 0 Å². The predicted molar refractivity (Wildman–Crippen MR) is 116 cm³/mol. The summed E-state index contributed by atoms with van der Waals surface area (Å²) in [6, 6.07) is 24.3. The summed E-state index contributed by atoms with van der Waals surface area (Å²) < 4.78 is 8.00. The standard InChI is InChI=1S/C23H19BrO2S/c1-15-11-20(26-14-16-7-3-2-4-8-16)19(24)13-18(15)23(25)22-12-17-9-5-6-10-21(17)27-22/h2-13,23,25H,14H2,1H3. The lowest BCUT2D eigenvalue weighted by Gasteiger charge is -2.16. The maximum absolute atomic E-state index is 10.9. The summed E-state index contributed by atoms with van der Waals surface area (Å²) in [7, 11) is 0. The molecule has 0 aliphatic rings. The van der Waals surface area contributed by atoms with Crippen molar-refractivity contribution in [3.8, 4) is 5.75 Å². The molecule has 4 rings (SSSR count). The molecule has 1 atom stereocenters. The van der Waals surface area contributed by atoms with Gasteiger partial charge in [0.05, 0.1) is 4.47 Å². The molecule has 0 saturated heterocycles. The normalized spacial score (nSPS) is 12.3. The number of aliphatic hydroxyl groups is 1. The zero-order valence-corrected chi connectivity index (χ0v) is 17.3. The molecular weight excluding hydrogens is 420 g/mol. The lowest BCUT2D eigenvalue weighted by atomic mass is 10.0. The highest BCUT2D eigenvalue weighted by Gasteiger charge is 2.18. The van der Waals surface area contributed by atoms with E-state index in [4.69, 9.17) is 4.74 Å². The minimum Gasteiger partial charge on any atom is -0.488 e. The van der Waals surface area contributed by atoms with Gasteiger partial charge >= 0.3 is 0 Å². The van der Waals surface area contributed by atoms with Crippen molar-refractivity contribution < 1.29 is 9.84 Å². The molecular formula is C23H19BrO2S. The van der Waals surface area contributed by atoms with Gasteiger partial charge in [0.15, 0.2) is 0 Å². The molecule has 136 valence electrons. The third-order valence-corrected chi connectivity index (χ3v) is 6.35. The van der Waals surface area contributed by atoms with Crippen LogP contribution in [-0.2, 0) is 6.61 Å². The molecule has 1 unspecified atom stereocenters. The molecule has 2 nitrogen and oxygen atoms in total. The molecule has 3 aromatic carbocycles. The Hall–Kier alpha value is -2.14. The molecule has 0 aliphatic carbocycles. The summed E-state index contributed by atoms with van der Waals surface area (Å²) in [6.45, 7) is 2.52. The average molecular weight is 439 g/mol. The van der Waals surface area contributed by atoms with Crippen molar-refractivity contribution in [2.75, 3.05) is 0 Å². The van der Waals surface area contributed by atoms with Crippen LogP contribution in [0.3, 0.4) is 0 Å². The van der Waals surface area contributed by atoms with E-state index in [2.05, 4.69) is 34.1 Å². The van der Waals surface area contributed by atoms with Crippen molar-refractivity contribution in [3.05, 3.63) is 98.8 Å². The smallest absolute Gasteiger partial charge is 0.134 e. The van der Waals surface area contributed by atoms with E-state index in [1.54, 1.807) is 11.3 Å². The van der Waals surface area contributed by atoms with Crippen molar-refractivity contribution >= 4 is 37.4 Å². The summed E-state index contributed by atoms with van der Waals surface area (Å²) in [5.41, 5.74) is 3.02. The van der Waals surface area contributed by atoms with E-state index in [9.17, 15) is 5.11 Å². The molecule has 0 bridgehead atoms. The Morgan fingerprint density at radius 2 is 1.74 bits per heavy atom. The molecule has 0 fully saturated rings. The molecule has 0 saturated carbocycles. The van der Waals surface area contributed by atoms with Gasteiger partial charge in [-0.15, -0.1) is 11.3 Å². The Kier molecular flexibility index (Phi) is 5.30. The zero-order chi connectivity index (χ0) is 18.8. The monoisotopic (exact) mass is 438 g/mol. The molecule has 1 heterocycles. The van der Waals surface area contributed by atoms with Crippen LogP contribution in [0.1, 0.15) is 27.7 Å². The van der Waals surface area contributed by atoms with Crippen LogP contribution in [-0.4, -0.2) is 5.11 Å². The van der Waals surface area contributed by atoms with Gasteiger partial charge in [0.2, 0.25) is 0 Å². The van der Waals surface area contributed by atoms with Crippen LogP contribution >= 0.6 is 27.3 Å². The van der Waals surface area contributed by atoms with E-state index in [0.29, 0.717) is 6.61 Å². The van der Waals surface area contributed by atoms with Crippen LogP contribution in [0.5, 0.6) is 5.75 Å². The molecule has 0 spiro atoms. The fraction of sp³-hybridized carbons (Fsp3) is 0.130. The van der Waals surface area contributed by atoms with Crippen LogP contribution in [0.4, 0.5) is 0 Å². The maximum atomic E-state index is 10.9. The number of fused-ring (bicyclic) bond motifs is 1. The Labute approximate surface area is 171 Å². The van der Waals surface area contributed by atoms with Gasteiger partial charge in [-0.3, -0.25) is 0 Å². The van der Waals surface area contributed by atoms with Gasteiger partial charge in [-0.1, -0.05) is 48.5 Å². The summed E-state index contributed by atoms with van der Waals surface area (Å²) in [5, 5.41) is 12.1. The van der Waals surface area contributed by atoms with Crippen LogP contribution < -0.4 is 4.74 Å². The quantitative estimate of drug-likeness (QED) is 0.378. The highest BCUT2D eigenvalue weighted by atomic mass is 79.9. The van der Waals surface area contributed by atoms with Crippen LogP contribution in [0, 0.1) is 6.92 Å². The zero-order valence-electron chi connectivity index (χ0n) is 14.9. The van der Waals surface area contributed by atoms with Gasteiger partial charge in [-0.25, -0.2) is 0 Å². The van der Waals surface area contributed by atoms with E-state index >= 15 is 0 Å². The number of aliphatic hydroxyl groups excluding tert-OH is 1. The lowest BCUT2D eigenvalue weighted by molar-refractivity contribution is 0.223. The van der Waals surface area contributed by atoms with Crippen molar-refractivity contribution in [1.29, 1.82) is 0 Å². The molecule has 0 radical (unpaired) electrons. The molecule has 4 aromatic rings. The van der Waals surface area contributed by atoms with Gasteiger partial charge in [0, 0.05) is 9.58 Å². The minimum absolute atomic E-state index is 0.511. The number of benzene rings is 3.